The summed E-state index contributed by atoms with van der Waals surface area (Å²) in [6, 6.07) is 4.74. The van der Waals surface area contributed by atoms with E-state index in [1.165, 1.54) is 6.20 Å². The predicted octanol–water partition coefficient (Wildman–Crippen LogP) is 1.99. The van der Waals surface area contributed by atoms with Crippen molar-refractivity contribution in [3.05, 3.63) is 35.8 Å². The Morgan fingerprint density at radius 2 is 2.06 bits per heavy atom. The van der Waals surface area contributed by atoms with Crippen LogP contribution in [0.25, 0.3) is 11.1 Å². The zero-order valence-electron chi connectivity index (χ0n) is 18.5. The van der Waals surface area contributed by atoms with E-state index in [4.69, 9.17) is 20.7 Å². The monoisotopic (exact) mass is 432 g/mol. The first kappa shape index (κ1) is 21.7. The number of allylic oxidation sites excluding steroid dienone is 1. The number of nitrogens with zero attached hydrogens (tertiary/aromatic N) is 7. The van der Waals surface area contributed by atoms with Crippen molar-refractivity contribution in [1.82, 2.24) is 19.4 Å². The van der Waals surface area contributed by atoms with E-state index in [1.54, 1.807) is 17.8 Å². The molecule has 0 amide bonds. The average molecular weight is 433 g/mol. The van der Waals surface area contributed by atoms with Crippen LogP contribution in [0.2, 0.25) is 0 Å². The van der Waals surface area contributed by atoms with Crippen LogP contribution < -0.4 is 10.5 Å². The van der Waals surface area contributed by atoms with Gasteiger partial charge in [0, 0.05) is 61.5 Å². The fraction of sp³-hybridized carbons (Fsp3) is 0.478. The summed E-state index contributed by atoms with van der Waals surface area (Å²) in [5.74, 6) is 0.569. The number of fused-ring (bicyclic) bond motifs is 1. The summed E-state index contributed by atoms with van der Waals surface area (Å²) in [5, 5.41) is 22.7. The van der Waals surface area contributed by atoms with E-state index in [2.05, 4.69) is 22.3 Å². The van der Waals surface area contributed by atoms with Gasteiger partial charge in [-0.2, -0.15) is 15.6 Å². The Labute approximate surface area is 188 Å². The molecule has 1 atom stereocenters. The van der Waals surface area contributed by atoms with Gasteiger partial charge in [-0.25, -0.2) is 4.52 Å². The third-order valence-corrected chi connectivity index (χ3v) is 6.48. The van der Waals surface area contributed by atoms with Gasteiger partial charge in [0.15, 0.2) is 6.19 Å². The number of aliphatic imine (C=N–C) groups is 1. The van der Waals surface area contributed by atoms with Gasteiger partial charge in [-0.1, -0.05) is 0 Å². The van der Waals surface area contributed by atoms with Crippen LogP contribution in [0, 0.1) is 22.8 Å². The van der Waals surface area contributed by atoms with Crippen molar-refractivity contribution in [1.29, 1.82) is 10.5 Å². The number of nitriles is 2. The zero-order chi connectivity index (χ0) is 22.7. The molecular formula is C23H28N8O. The fourth-order valence-electron chi connectivity index (χ4n) is 4.75. The largest absolute Gasteiger partial charge is 0.494 e. The summed E-state index contributed by atoms with van der Waals surface area (Å²) < 4.78 is 7.17. The highest BCUT2D eigenvalue weighted by Gasteiger charge is 2.30. The SMILES string of the molecule is COc1cc(/C(=C/N)C(C)=NC2CCN([C@H]3CCN(C#N)C3)CC2)cn2ncc(C#N)c12. The van der Waals surface area contributed by atoms with E-state index in [0.717, 1.165) is 62.3 Å². The minimum absolute atomic E-state index is 0.246. The highest BCUT2D eigenvalue weighted by Crippen LogP contribution is 2.29. The second-order valence-electron chi connectivity index (χ2n) is 8.31. The molecule has 4 heterocycles. The lowest BCUT2D eigenvalue weighted by Gasteiger charge is -2.34. The smallest absolute Gasteiger partial charge is 0.179 e. The number of likely N-dealkylation sites (tertiary alicyclic amines) is 2. The summed E-state index contributed by atoms with van der Waals surface area (Å²) in [6.45, 7) is 5.68. The number of piperidine rings is 1. The molecule has 32 heavy (non-hydrogen) atoms. The molecule has 0 aliphatic carbocycles. The molecule has 2 aromatic heterocycles. The van der Waals surface area contributed by atoms with Gasteiger partial charge in [-0.05, 0) is 32.3 Å². The maximum atomic E-state index is 9.32. The normalized spacial score (nSPS) is 21.0. The minimum Gasteiger partial charge on any atom is -0.494 e. The van der Waals surface area contributed by atoms with Crippen LogP contribution in [0.4, 0.5) is 0 Å². The second kappa shape index (κ2) is 9.29. The van der Waals surface area contributed by atoms with Crippen LogP contribution in [-0.4, -0.2) is 70.5 Å². The summed E-state index contributed by atoms with van der Waals surface area (Å²) in [5.41, 5.74) is 9.64. The van der Waals surface area contributed by atoms with Crippen molar-refractivity contribution in [3.63, 3.8) is 0 Å². The standard InChI is InChI=1S/C23H28N8O/c1-16(28-19-3-7-30(8-4-19)20-5-6-29(14-20)15-26)21(11-25)17-9-22(32-2)23-18(10-24)12-27-31(23)13-17/h9,11-13,19-20H,3-8,14,25H2,1-2H3/b21-11+,28-16?/t20-/m0/s1. The Morgan fingerprint density at radius 3 is 2.69 bits per heavy atom. The van der Waals surface area contributed by atoms with Crippen LogP contribution in [-0.2, 0) is 0 Å². The fourth-order valence-corrected chi connectivity index (χ4v) is 4.75. The van der Waals surface area contributed by atoms with Crippen molar-refractivity contribution in [2.75, 3.05) is 33.3 Å². The molecule has 0 unspecified atom stereocenters. The molecule has 0 spiro atoms. The number of rotatable bonds is 5. The summed E-state index contributed by atoms with van der Waals surface area (Å²) in [6.07, 6.45) is 10.3. The number of aromatic nitrogens is 2. The van der Waals surface area contributed by atoms with Crippen molar-refractivity contribution in [2.24, 2.45) is 10.7 Å². The molecule has 2 saturated heterocycles. The Bertz CT molecular complexity index is 1130. The molecular weight excluding hydrogens is 404 g/mol. The molecule has 2 fully saturated rings. The highest BCUT2D eigenvalue weighted by molar-refractivity contribution is 6.22. The molecule has 0 radical (unpaired) electrons. The molecule has 166 valence electrons. The van der Waals surface area contributed by atoms with Gasteiger partial charge in [0.1, 0.15) is 22.9 Å². The lowest BCUT2D eigenvalue weighted by Crippen LogP contribution is -2.43. The van der Waals surface area contributed by atoms with Crippen molar-refractivity contribution in [3.8, 4) is 18.0 Å². The van der Waals surface area contributed by atoms with Crippen molar-refractivity contribution < 1.29 is 4.74 Å². The Hall–Kier alpha value is -3.56. The number of ether oxygens (including phenoxy) is 1. The number of nitrogens with two attached hydrogens (primary N) is 1. The molecule has 0 bridgehead atoms. The van der Waals surface area contributed by atoms with Gasteiger partial charge >= 0.3 is 0 Å². The molecule has 2 aliphatic rings. The molecule has 9 nitrogen and oxygen atoms in total. The van der Waals surface area contributed by atoms with E-state index in [1.807, 2.05) is 24.1 Å². The van der Waals surface area contributed by atoms with E-state index < -0.39 is 0 Å². The van der Waals surface area contributed by atoms with Gasteiger partial charge in [-0.15, -0.1) is 0 Å². The number of methoxy groups -OCH3 is 1. The molecule has 9 heteroatoms. The average Bonchev–Trinajstić information content (AvgIpc) is 3.46. The first-order valence-corrected chi connectivity index (χ1v) is 10.9. The van der Waals surface area contributed by atoms with E-state index >= 15 is 0 Å². The number of hydrogen-bond donors (Lipinski definition) is 1. The third-order valence-electron chi connectivity index (χ3n) is 6.48. The van der Waals surface area contributed by atoms with Gasteiger partial charge < -0.3 is 15.4 Å². The Balaban J connectivity index is 1.48. The molecule has 4 rings (SSSR count). The van der Waals surface area contributed by atoms with Crippen LogP contribution in [0.3, 0.4) is 0 Å². The lowest BCUT2D eigenvalue weighted by molar-refractivity contribution is 0.158. The van der Waals surface area contributed by atoms with Gasteiger partial charge in [-0.3, -0.25) is 9.89 Å². The predicted molar refractivity (Wildman–Crippen MR) is 122 cm³/mol. The van der Waals surface area contributed by atoms with Crippen LogP contribution in [0.1, 0.15) is 37.3 Å². The Morgan fingerprint density at radius 1 is 1.28 bits per heavy atom. The number of hydrogen-bond acceptors (Lipinski definition) is 8. The first-order valence-electron chi connectivity index (χ1n) is 10.9. The van der Waals surface area contributed by atoms with Crippen molar-refractivity contribution >= 4 is 16.8 Å². The van der Waals surface area contributed by atoms with Crippen LogP contribution in [0.15, 0.2) is 29.7 Å². The number of pyridine rings is 1. The summed E-state index contributed by atoms with van der Waals surface area (Å²) >= 11 is 0. The summed E-state index contributed by atoms with van der Waals surface area (Å²) in [4.78, 5) is 9.34. The quantitative estimate of drug-likeness (QED) is 0.567. The Kier molecular flexibility index (Phi) is 6.29. The molecule has 2 N–H and O–H groups in total. The zero-order valence-corrected chi connectivity index (χ0v) is 18.5. The summed E-state index contributed by atoms with van der Waals surface area (Å²) in [7, 11) is 1.58. The minimum atomic E-state index is 0.246. The maximum Gasteiger partial charge on any atom is 0.179 e. The van der Waals surface area contributed by atoms with Gasteiger partial charge in [0.2, 0.25) is 0 Å². The molecule has 0 saturated carbocycles. The van der Waals surface area contributed by atoms with Crippen LogP contribution in [0.5, 0.6) is 5.75 Å². The van der Waals surface area contributed by atoms with Crippen LogP contribution >= 0.6 is 0 Å². The first-order chi connectivity index (χ1) is 15.6. The van der Waals surface area contributed by atoms with Gasteiger partial charge in [0.25, 0.3) is 0 Å². The molecule has 2 aromatic rings. The van der Waals surface area contributed by atoms with Gasteiger partial charge in [0.05, 0.1) is 19.3 Å². The second-order valence-corrected chi connectivity index (χ2v) is 8.31. The van der Waals surface area contributed by atoms with E-state index in [9.17, 15) is 5.26 Å². The maximum absolute atomic E-state index is 9.32. The van der Waals surface area contributed by atoms with Crippen molar-refractivity contribution in [2.45, 2.75) is 38.3 Å². The third kappa shape index (κ3) is 4.12. The molecule has 0 aromatic carbocycles. The van der Waals surface area contributed by atoms with E-state index in [0.29, 0.717) is 22.9 Å². The topological polar surface area (TPSA) is 119 Å². The highest BCUT2D eigenvalue weighted by atomic mass is 16.5. The molecule has 2 aliphatic heterocycles. The lowest BCUT2D eigenvalue weighted by atomic mass is 10.0. The van der Waals surface area contributed by atoms with E-state index in [-0.39, 0.29) is 6.04 Å².